The molecule has 0 aliphatic heterocycles. The number of halogens is 1. The number of hydrogen-bond donors (Lipinski definition) is 0. The molecule has 6 heteroatoms. The van der Waals surface area contributed by atoms with E-state index in [1.165, 1.54) is 165 Å². The summed E-state index contributed by atoms with van der Waals surface area (Å²) in [7, 11) is -4.06. The van der Waals surface area contributed by atoms with Gasteiger partial charge in [0.1, 0.15) is 0 Å². The number of rotatable bonds is 35. The van der Waals surface area contributed by atoms with Gasteiger partial charge in [-0.3, -0.25) is 4.18 Å². The average Bonchev–Trinajstić information content (AvgIpc) is 3.06. The maximum Gasteiger partial charge on any atom is 0.299 e. The van der Waals surface area contributed by atoms with Gasteiger partial charge in [0.15, 0.2) is 0 Å². The molecule has 0 aromatic carbocycles. The van der Waals surface area contributed by atoms with Crippen LogP contribution in [0.15, 0.2) is 0 Å². The zero-order valence-corrected chi connectivity index (χ0v) is 33.2. The Morgan fingerprint density at radius 2 is 0.696 bits per heavy atom. The lowest BCUT2D eigenvalue weighted by atomic mass is 10.0. The van der Waals surface area contributed by atoms with Crippen LogP contribution in [-0.2, 0) is 14.3 Å². The van der Waals surface area contributed by atoms with Crippen molar-refractivity contribution in [2.45, 2.75) is 227 Å². The number of hydrogen-bond acceptors (Lipinski definition) is 3. The molecule has 0 N–H and O–H groups in total. The van der Waals surface area contributed by atoms with Crippen LogP contribution in [0.2, 0.25) is 0 Å². The molecule has 0 radical (unpaired) electrons. The first kappa shape index (κ1) is 47.9. The molecule has 0 aliphatic rings. The van der Waals surface area contributed by atoms with E-state index in [4.69, 9.17) is 4.18 Å². The summed E-state index contributed by atoms with van der Waals surface area (Å²) in [6.07, 6.45) is 33.6. The highest BCUT2D eigenvalue weighted by Gasteiger charge is 2.25. The van der Waals surface area contributed by atoms with Crippen molar-refractivity contribution in [2.75, 3.05) is 32.8 Å². The average molecular weight is 679 g/mol. The van der Waals surface area contributed by atoms with Gasteiger partial charge in [0, 0.05) is 0 Å². The van der Waals surface area contributed by atoms with E-state index >= 15 is 0 Å². The first-order chi connectivity index (χ1) is 22.3. The lowest BCUT2D eigenvalue weighted by molar-refractivity contribution is -0.921. The van der Waals surface area contributed by atoms with E-state index in [9.17, 15) is 12.8 Å². The van der Waals surface area contributed by atoms with Gasteiger partial charge in [0.25, 0.3) is 10.1 Å². The molecule has 0 saturated carbocycles. The van der Waals surface area contributed by atoms with Crippen molar-refractivity contribution in [3.63, 3.8) is 0 Å². The SMILES string of the molecule is CCCCCCCCCCCCCCCCCCCCCOS(=O)(=O)C(F)CCCCCCCCCC.CC[N+](CC)(CC)CC. The molecule has 0 aromatic rings. The molecule has 0 spiro atoms. The van der Waals surface area contributed by atoms with Crippen LogP contribution in [-0.4, -0.2) is 51.2 Å². The summed E-state index contributed by atoms with van der Waals surface area (Å²) in [5.41, 5.74) is -1.87. The second-order valence-corrected chi connectivity index (χ2v) is 15.7. The standard InChI is InChI=1S/C32H65FO3S.C8H20N/c1-3-5-7-9-11-13-14-15-16-17-18-19-20-21-22-23-25-27-29-31-36-37(34,35)32(33)30-28-26-24-12-10-8-6-4-2;1-5-9(6-2,7-3)8-4/h32H,3-31H2,1-2H3;5-8H2,1-4H3/q;+1. The monoisotopic (exact) mass is 679 g/mol. The molecular weight excluding hydrogens is 594 g/mol. The first-order valence-electron chi connectivity index (χ1n) is 20.7. The molecule has 4 nitrogen and oxygen atoms in total. The fourth-order valence-corrected chi connectivity index (χ4v) is 7.31. The van der Waals surface area contributed by atoms with Gasteiger partial charge in [-0.05, 0) is 47.0 Å². The van der Waals surface area contributed by atoms with Crippen molar-refractivity contribution in [2.24, 2.45) is 0 Å². The Bertz CT molecular complexity index is 666. The van der Waals surface area contributed by atoms with Crippen molar-refractivity contribution in [1.29, 1.82) is 0 Å². The maximum atomic E-state index is 14.1. The number of unbranched alkanes of at least 4 members (excludes halogenated alkanes) is 25. The van der Waals surface area contributed by atoms with E-state index in [1.807, 2.05) is 0 Å². The van der Waals surface area contributed by atoms with E-state index < -0.39 is 15.6 Å². The summed E-state index contributed by atoms with van der Waals surface area (Å²) in [4.78, 5) is 0. The van der Waals surface area contributed by atoms with Crippen molar-refractivity contribution in [3.05, 3.63) is 0 Å². The van der Waals surface area contributed by atoms with Crippen molar-refractivity contribution < 1.29 is 21.5 Å². The van der Waals surface area contributed by atoms with Crippen LogP contribution in [0.3, 0.4) is 0 Å². The number of nitrogens with zero attached hydrogens (tertiary/aromatic N) is 1. The van der Waals surface area contributed by atoms with E-state index in [-0.39, 0.29) is 13.0 Å². The Balaban J connectivity index is 0. The molecule has 46 heavy (non-hydrogen) atoms. The van der Waals surface area contributed by atoms with Crippen LogP contribution in [0.4, 0.5) is 4.39 Å². The molecule has 0 aliphatic carbocycles. The Morgan fingerprint density at radius 1 is 0.435 bits per heavy atom. The van der Waals surface area contributed by atoms with Crippen LogP contribution in [0.5, 0.6) is 0 Å². The molecule has 0 fully saturated rings. The molecule has 0 rings (SSSR count). The third-order valence-corrected chi connectivity index (χ3v) is 11.6. The van der Waals surface area contributed by atoms with Gasteiger partial charge in [-0.15, -0.1) is 0 Å². The molecule has 280 valence electrons. The highest BCUT2D eigenvalue weighted by Crippen LogP contribution is 2.18. The van der Waals surface area contributed by atoms with Crippen molar-refractivity contribution >= 4 is 10.1 Å². The molecule has 0 bridgehead atoms. The fraction of sp³-hybridized carbons (Fsp3) is 1.00. The van der Waals surface area contributed by atoms with Crippen molar-refractivity contribution in [3.8, 4) is 0 Å². The van der Waals surface area contributed by atoms with Gasteiger partial charge in [-0.2, -0.15) is 8.42 Å². The van der Waals surface area contributed by atoms with Crippen LogP contribution >= 0.6 is 0 Å². The Labute approximate surface area is 290 Å². The smallest absolute Gasteiger partial charge is 0.299 e. The molecule has 0 aromatic heterocycles. The first-order valence-corrected chi connectivity index (χ1v) is 22.1. The third kappa shape index (κ3) is 31.1. The van der Waals surface area contributed by atoms with Crippen LogP contribution < -0.4 is 0 Å². The summed E-state index contributed by atoms with van der Waals surface area (Å²) >= 11 is 0. The second-order valence-electron chi connectivity index (χ2n) is 14.0. The summed E-state index contributed by atoms with van der Waals surface area (Å²) < 4.78 is 44.2. The topological polar surface area (TPSA) is 43.4 Å². The summed E-state index contributed by atoms with van der Waals surface area (Å²) in [5.74, 6) is 0. The Hall–Kier alpha value is -0.200. The molecule has 0 heterocycles. The molecular formula is C40H85FNO3S+. The van der Waals surface area contributed by atoms with Gasteiger partial charge >= 0.3 is 0 Å². The largest absolute Gasteiger partial charge is 0.325 e. The van der Waals surface area contributed by atoms with E-state index in [0.717, 1.165) is 25.7 Å². The maximum absolute atomic E-state index is 14.1. The molecule has 0 amide bonds. The fourth-order valence-electron chi connectivity index (χ4n) is 6.35. The molecule has 1 atom stereocenters. The van der Waals surface area contributed by atoms with Crippen LogP contribution in [0.25, 0.3) is 0 Å². The van der Waals surface area contributed by atoms with Crippen molar-refractivity contribution in [1.82, 2.24) is 0 Å². The van der Waals surface area contributed by atoms with E-state index in [0.29, 0.717) is 12.8 Å². The molecule has 1 unspecified atom stereocenters. The zero-order valence-electron chi connectivity index (χ0n) is 32.4. The number of alkyl halides is 1. The third-order valence-electron chi connectivity index (χ3n) is 10.3. The Morgan fingerprint density at radius 3 is 0.957 bits per heavy atom. The quantitative estimate of drug-likeness (QED) is 0.0381. The van der Waals surface area contributed by atoms with Gasteiger partial charge in [-0.25, -0.2) is 4.39 Å². The predicted molar refractivity (Wildman–Crippen MR) is 203 cm³/mol. The minimum absolute atomic E-state index is 0.0660. The minimum atomic E-state index is -4.06. The van der Waals surface area contributed by atoms with Gasteiger partial charge in [-0.1, -0.05) is 174 Å². The van der Waals surface area contributed by atoms with Crippen LogP contribution in [0.1, 0.15) is 221 Å². The zero-order chi connectivity index (χ0) is 34.6. The second kappa shape index (κ2) is 36.1. The predicted octanol–water partition coefficient (Wildman–Crippen LogP) is 13.5. The lowest BCUT2D eigenvalue weighted by Gasteiger charge is -2.34. The van der Waals surface area contributed by atoms with Crippen LogP contribution in [0, 0.1) is 0 Å². The highest BCUT2D eigenvalue weighted by atomic mass is 32.2. The lowest BCUT2D eigenvalue weighted by Crippen LogP contribution is -2.47. The minimum Gasteiger partial charge on any atom is -0.325 e. The number of quaternary nitrogens is 1. The molecule has 0 saturated heterocycles. The van der Waals surface area contributed by atoms with E-state index in [1.54, 1.807) is 0 Å². The summed E-state index contributed by atoms with van der Waals surface area (Å²) in [5, 5.41) is 0. The van der Waals surface area contributed by atoms with E-state index in [2.05, 4.69) is 41.5 Å². The summed E-state index contributed by atoms with van der Waals surface area (Å²) in [6, 6.07) is 0. The van der Waals surface area contributed by atoms with Gasteiger partial charge in [0.05, 0.1) is 32.8 Å². The highest BCUT2D eigenvalue weighted by molar-refractivity contribution is 7.87. The van der Waals surface area contributed by atoms with Gasteiger partial charge in [0.2, 0.25) is 5.50 Å². The Kier molecular flexibility index (Phi) is 37.6. The van der Waals surface area contributed by atoms with Gasteiger partial charge < -0.3 is 4.48 Å². The summed E-state index contributed by atoms with van der Waals surface area (Å²) in [6.45, 7) is 18.8. The normalized spacial score (nSPS) is 12.7.